The molecule has 0 aliphatic carbocycles. The molecule has 1 aromatic heterocycles. The van der Waals surface area contributed by atoms with Gasteiger partial charge in [-0.25, -0.2) is 4.98 Å². The maximum atomic E-state index is 4.74. The molecule has 2 rings (SSSR count). The van der Waals surface area contributed by atoms with Gasteiger partial charge in [0.25, 0.3) is 0 Å². The van der Waals surface area contributed by atoms with Crippen LogP contribution in [0.15, 0.2) is 30.5 Å². The third-order valence-electron chi connectivity index (χ3n) is 4.14. The molecule has 0 saturated heterocycles. The molecule has 1 aromatic carbocycles. The molecular formula is C18H27N3. The number of pyridine rings is 1. The van der Waals surface area contributed by atoms with Gasteiger partial charge in [-0.05, 0) is 24.3 Å². The van der Waals surface area contributed by atoms with Crippen LogP contribution >= 0.6 is 0 Å². The summed E-state index contributed by atoms with van der Waals surface area (Å²) in [5.41, 5.74) is 1.26. The van der Waals surface area contributed by atoms with E-state index >= 15 is 0 Å². The van der Waals surface area contributed by atoms with Gasteiger partial charge >= 0.3 is 0 Å². The minimum atomic E-state index is 0.478. The van der Waals surface area contributed by atoms with E-state index in [1.165, 1.54) is 16.3 Å². The van der Waals surface area contributed by atoms with Crippen molar-refractivity contribution in [2.45, 2.75) is 52.7 Å². The average molecular weight is 285 g/mol. The Morgan fingerprint density at radius 3 is 2.43 bits per heavy atom. The average Bonchev–Trinajstić information content (AvgIpc) is 2.50. The molecule has 2 aromatic rings. The molecule has 0 saturated carbocycles. The van der Waals surface area contributed by atoms with Crippen LogP contribution in [0.4, 0.5) is 5.82 Å². The minimum Gasteiger partial charge on any atom is -0.356 e. The predicted molar refractivity (Wildman–Crippen MR) is 91.9 cm³/mol. The molecule has 1 heterocycles. The van der Waals surface area contributed by atoms with Crippen LogP contribution in [-0.2, 0) is 6.54 Å². The predicted octanol–water partition coefficient (Wildman–Crippen LogP) is 3.97. The normalized spacial score (nSPS) is 12.9. The molecule has 0 aliphatic heterocycles. The van der Waals surface area contributed by atoms with Gasteiger partial charge in [-0.15, -0.1) is 0 Å². The fraction of sp³-hybridized carbons (Fsp3) is 0.500. The van der Waals surface area contributed by atoms with Gasteiger partial charge in [0, 0.05) is 37.3 Å². The van der Waals surface area contributed by atoms with Crippen molar-refractivity contribution in [1.29, 1.82) is 0 Å². The number of rotatable bonds is 6. The Bertz CT molecular complexity index is 592. The molecule has 0 fully saturated rings. The molecule has 0 aliphatic rings. The van der Waals surface area contributed by atoms with Gasteiger partial charge < -0.3 is 10.2 Å². The van der Waals surface area contributed by atoms with E-state index in [2.05, 4.69) is 69.2 Å². The number of benzene rings is 1. The molecule has 0 amide bonds. The van der Waals surface area contributed by atoms with Crippen LogP contribution in [0, 0.1) is 0 Å². The zero-order valence-corrected chi connectivity index (χ0v) is 13.9. The van der Waals surface area contributed by atoms with Crippen LogP contribution in [-0.4, -0.2) is 24.1 Å². The minimum absolute atomic E-state index is 0.478. The monoisotopic (exact) mass is 285 g/mol. The lowest BCUT2D eigenvalue weighted by molar-refractivity contribution is 0.589. The van der Waals surface area contributed by atoms with Gasteiger partial charge in [0.2, 0.25) is 0 Å². The van der Waals surface area contributed by atoms with Crippen LogP contribution in [0.25, 0.3) is 10.8 Å². The summed E-state index contributed by atoms with van der Waals surface area (Å²) in [5.74, 6) is 1.08. The van der Waals surface area contributed by atoms with E-state index in [4.69, 9.17) is 4.98 Å². The number of nitrogens with one attached hydrogen (secondary N) is 1. The molecule has 3 heteroatoms. The summed E-state index contributed by atoms with van der Waals surface area (Å²) in [4.78, 5) is 7.02. The van der Waals surface area contributed by atoms with E-state index in [9.17, 15) is 0 Å². The highest BCUT2D eigenvalue weighted by Crippen LogP contribution is 2.28. The van der Waals surface area contributed by atoms with Crippen molar-refractivity contribution < 1.29 is 0 Å². The van der Waals surface area contributed by atoms with E-state index in [-0.39, 0.29) is 0 Å². The van der Waals surface area contributed by atoms with Crippen molar-refractivity contribution in [3.63, 3.8) is 0 Å². The number of anilines is 1. The first-order valence-corrected chi connectivity index (χ1v) is 7.87. The summed E-state index contributed by atoms with van der Waals surface area (Å²) in [6, 6.07) is 9.54. The summed E-state index contributed by atoms with van der Waals surface area (Å²) in [7, 11) is 2.13. The van der Waals surface area contributed by atoms with Crippen molar-refractivity contribution in [3.8, 4) is 0 Å². The Hall–Kier alpha value is -1.61. The molecule has 0 spiro atoms. The van der Waals surface area contributed by atoms with E-state index in [1.54, 1.807) is 0 Å². The molecular weight excluding hydrogens is 258 g/mol. The van der Waals surface area contributed by atoms with Crippen LogP contribution in [0.2, 0.25) is 0 Å². The van der Waals surface area contributed by atoms with Crippen molar-refractivity contribution in [2.75, 3.05) is 11.9 Å². The fourth-order valence-corrected chi connectivity index (χ4v) is 2.45. The highest BCUT2D eigenvalue weighted by Gasteiger charge is 2.14. The SMILES string of the molecule is CCC(C)N(C)c1ncc(CNC(C)C)c2ccccc12. The Morgan fingerprint density at radius 2 is 1.81 bits per heavy atom. The first-order chi connectivity index (χ1) is 10.0. The maximum absolute atomic E-state index is 4.74. The van der Waals surface area contributed by atoms with Crippen LogP contribution in [0.1, 0.15) is 39.7 Å². The highest BCUT2D eigenvalue weighted by molar-refractivity contribution is 5.94. The van der Waals surface area contributed by atoms with Gasteiger partial charge in [0.05, 0.1) is 0 Å². The van der Waals surface area contributed by atoms with Gasteiger partial charge in [0.15, 0.2) is 0 Å². The van der Waals surface area contributed by atoms with Crippen molar-refractivity contribution in [3.05, 3.63) is 36.0 Å². The summed E-state index contributed by atoms with van der Waals surface area (Å²) >= 11 is 0. The molecule has 114 valence electrons. The number of hydrogen-bond acceptors (Lipinski definition) is 3. The maximum Gasteiger partial charge on any atom is 0.136 e. The fourth-order valence-electron chi connectivity index (χ4n) is 2.45. The first kappa shape index (κ1) is 15.8. The lowest BCUT2D eigenvalue weighted by Gasteiger charge is -2.26. The van der Waals surface area contributed by atoms with Crippen LogP contribution < -0.4 is 10.2 Å². The number of aromatic nitrogens is 1. The Labute approximate surface area is 128 Å². The summed E-state index contributed by atoms with van der Waals surface area (Å²) < 4.78 is 0. The topological polar surface area (TPSA) is 28.2 Å². The van der Waals surface area contributed by atoms with Crippen LogP contribution in [0.3, 0.4) is 0 Å². The number of hydrogen-bond donors (Lipinski definition) is 1. The van der Waals surface area contributed by atoms with Gasteiger partial charge in [-0.1, -0.05) is 45.0 Å². The van der Waals surface area contributed by atoms with Crippen LogP contribution in [0.5, 0.6) is 0 Å². The number of nitrogens with zero attached hydrogens (tertiary/aromatic N) is 2. The smallest absolute Gasteiger partial charge is 0.136 e. The third kappa shape index (κ3) is 3.53. The summed E-state index contributed by atoms with van der Waals surface area (Å²) in [6.07, 6.45) is 3.13. The quantitative estimate of drug-likeness (QED) is 0.870. The van der Waals surface area contributed by atoms with Gasteiger partial charge in [-0.3, -0.25) is 0 Å². The van der Waals surface area contributed by atoms with Crippen molar-refractivity contribution in [2.24, 2.45) is 0 Å². The Morgan fingerprint density at radius 1 is 1.14 bits per heavy atom. The Kier molecular flexibility index (Phi) is 5.18. The van der Waals surface area contributed by atoms with E-state index in [0.29, 0.717) is 12.1 Å². The van der Waals surface area contributed by atoms with E-state index < -0.39 is 0 Å². The molecule has 0 radical (unpaired) electrons. The summed E-state index contributed by atoms with van der Waals surface area (Å²) in [5, 5.41) is 6.02. The molecule has 0 bridgehead atoms. The third-order valence-corrected chi connectivity index (χ3v) is 4.14. The summed E-state index contributed by atoms with van der Waals surface area (Å²) in [6.45, 7) is 9.65. The lowest BCUT2D eigenvalue weighted by Crippen LogP contribution is -2.29. The Balaban J connectivity index is 2.44. The van der Waals surface area contributed by atoms with E-state index in [0.717, 1.165) is 18.8 Å². The van der Waals surface area contributed by atoms with Crippen molar-refractivity contribution >= 4 is 16.6 Å². The molecule has 1 unspecified atom stereocenters. The zero-order valence-electron chi connectivity index (χ0n) is 13.9. The van der Waals surface area contributed by atoms with Gasteiger partial charge in [0.1, 0.15) is 5.82 Å². The van der Waals surface area contributed by atoms with Gasteiger partial charge in [-0.2, -0.15) is 0 Å². The standard InChI is InChI=1S/C18H27N3/c1-6-14(4)21(5)18-17-10-8-7-9-16(17)15(12-20-18)11-19-13(2)3/h7-10,12-14,19H,6,11H2,1-5H3. The second-order valence-electron chi connectivity index (χ2n) is 6.06. The lowest BCUT2D eigenvalue weighted by atomic mass is 10.1. The van der Waals surface area contributed by atoms with E-state index in [1.807, 2.05) is 6.20 Å². The largest absolute Gasteiger partial charge is 0.356 e. The number of fused-ring (bicyclic) bond motifs is 1. The first-order valence-electron chi connectivity index (χ1n) is 7.87. The second kappa shape index (κ2) is 6.90. The second-order valence-corrected chi connectivity index (χ2v) is 6.06. The molecule has 3 nitrogen and oxygen atoms in total. The molecule has 1 atom stereocenters. The molecule has 21 heavy (non-hydrogen) atoms. The zero-order chi connectivity index (χ0) is 15.4. The van der Waals surface area contributed by atoms with Crippen molar-refractivity contribution in [1.82, 2.24) is 10.3 Å². The highest BCUT2D eigenvalue weighted by atomic mass is 15.2. The molecule has 1 N–H and O–H groups in total.